The number of hydrogen-bond acceptors (Lipinski definition) is 4. The molecule has 0 saturated heterocycles. The van der Waals surface area contributed by atoms with Crippen LogP contribution in [0.4, 0.5) is 5.69 Å². The van der Waals surface area contributed by atoms with E-state index in [1.807, 2.05) is 24.3 Å². The van der Waals surface area contributed by atoms with Crippen molar-refractivity contribution in [2.24, 2.45) is 0 Å². The maximum absolute atomic E-state index is 11.9. The van der Waals surface area contributed by atoms with E-state index in [1.165, 1.54) is 30.2 Å². The molecule has 0 spiro atoms. The molecule has 0 fully saturated rings. The number of carbonyl (C=O) groups is 2. The second kappa shape index (κ2) is 11.6. The lowest BCUT2D eigenvalue weighted by molar-refractivity contribution is -0.138. The summed E-state index contributed by atoms with van der Waals surface area (Å²) in [7, 11) is 0. The summed E-state index contributed by atoms with van der Waals surface area (Å²) in [5.41, 5.74) is 0.611. The molecule has 1 aromatic rings. The summed E-state index contributed by atoms with van der Waals surface area (Å²) < 4.78 is 5.09. The van der Waals surface area contributed by atoms with Crippen LogP contribution < -0.4 is 4.90 Å². The van der Waals surface area contributed by atoms with Gasteiger partial charge in [-0.25, -0.2) is 4.79 Å². The van der Waals surface area contributed by atoms with Crippen LogP contribution >= 0.6 is 0 Å². The molecule has 0 N–H and O–H groups in total. The van der Waals surface area contributed by atoms with E-state index in [-0.39, 0.29) is 11.5 Å². The summed E-state index contributed by atoms with van der Waals surface area (Å²) in [5, 5.41) is 9.10. The first-order valence-electron chi connectivity index (χ1n) is 8.40. The van der Waals surface area contributed by atoms with Crippen molar-refractivity contribution in [3.63, 3.8) is 0 Å². The Morgan fingerprint density at radius 1 is 1.20 bits per heavy atom. The first kappa shape index (κ1) is 20.2. The van der Waals surface area contributed by atoms with E-state index >= 15 is 0 Å². The van der Waals surface area contributed by atoms with Gasteiger partial charge in [-0.2, -0.15) is 5.26 Å². The summed E-state index contributed by atoms with van der Waals surface area (Å²) >= 11 is 0. The molecule has 0 saturated carbocycles. The smallest absolute Gasteiger partial charge is 0.348 e. The van der Waals surface area contributed by atoms with Crippen LogP contribution in [0.2, 0.25) is 0 Å². The Bertz CT molecular complexity index is 657. The number of allylic oxidation sites excluding steroid dienone is 2. The van der Waals surface area contributed by atoms with Gasteiger partial charge in [-0.1, -0.05) is 44.4 Å². The van der Waals surface area contributed by atoms with Crippen molar-refractivity contribution in [3.05, 3.63) is 54.3 Å². The highest BCUT2D eigenvalue weighted by molar-refractivity contribution is 5.94. The zero-order chi connectivity index (χ0) is 18.5. The SMILES string of the molecule is CCCCCCOC(=O)C(C#N)=CC=CN(C(C)=O)c1ccccc1. The minimum Gasteiger partial charge on any atom is -0.462 e. The van der Waals surface area contributed by atoms with Gasteiger partial charge in [-0.15, -0.1) is 0 Å². The maximum atomic E-state index is 11.9. The Morgan fingerprint density at radius 2 is 1.92 bits per heavy atom. The van der Waals surface area contributed by atoms with Gasteiger partial charge in [0.15, 0.2) is 0 Å². The van der Waals surface area contributed by atoms with E-state index in [0.717, 1.165) is 25.7 Å². The molecule has 5 heteroatoms. The van der Waals surface area contributed by atoms with Crippen molar-refractivity contribution in [1.29, 1.82) is 5.26 Å². The van der Waals surface area contributed by atoms with E-state index < -0.39 is 5.97 Å². The summed E-state index contributed by atoms with van der Waals surface area (Å²) in [5.74, 6) is -0.814. The molecule has 0 radical (unpaired) electrons. The molecule has 0 aliphatic rings. The lowest BCUT2D eigenvalue weighted by atomic mass is 10.2. The summed E-state index contributed by atoms with van der Waals surface area (Å²) in [4.78, 5) is 25.0. The van der Waals surface area contributed by atoms with Crippen LogP contribution in [0.1, 0.15) is 39.5 Å². The average Bonchev–Trinajstić information content (AvgIpc) is 2.62. The molecule has 5 nitrogen and oxygen atoms in total. The molecule has 0 heterocycles. The largest absolute Gasteiger partial charge is 0.462 e. The molecule has 0 aliphatic carbocycles. The van der Waals surface area contributed by atoms with Crippen molar-refractivity contribution >= 4 is 17.6 Å². The van der Waals surface area contributed by atoms with Gasteiger partial charge in [0.2, 0.25) is 5.91 Å². The minimum absolute atomic E-state index is 0.0942. The molecule has 0 atom stereocenters. The summed E-state index contributed by atoms with van der Waals surface area (Å²) in [6.45, 7) is 3.86. The Kier molecular flexibility index (Phi) is 9.39. The third kappa shape index (κ3) is 7.49. The first-order chi connectivity index (χ1) is 12.1. The number of hydrogen-bond donors (Lipinski definition) is 0. The maximum Gasteiger partial charge on any atom is 0.348 e. The summed E-state index contributed by atoms with van der Waals surface area (Å²) in [6, 6.07) is 10.9. The number of amides is 1. The molecule has 0 aliphatic heterocycles. The standard InChI is InChI=1S/C20H24N2O3/c1-3-4-5-9-15-25-20(24)18(16-21)11-10-14-22(17(2)23)19-12-7-6-8-13-19/h6-8,10-14H,3-5,9,15H2,1-2H3. The van der Waals surface area contributed by atoms with Crippen LogP contribution in [-0.2, 0) is 14.3 Å². The first-order valence-corrected chi connectivity index (χ1v) is 8.40. The highest BCUT2D eigenvalue weighted by atomic mass is 16.5. The number of unbranched alkanes of at least 4 members (excludes halogenated alkanes) is 3. The number of anilines is 1. The molecular formula is C20H24N2O3. The number of rotatable bonds is 9. The highest BCUT2D eigenvalue weighted by Crippen LogP contribution is 2.14. The van der Waals surface area contributed by atoms with Crippen LogP contribution in [0, 0.1) is 11.3 Å². The van der Waals surface area contributed by atoms with Gasteiger partial charge in [0.05, 0.1) is 6.61 Å². The number of carbonyl (C=O) groups excluding carboxylic acids is 2. The average molecular weight is 340 g/mol. The van der Waals surface area contributed by atoms with Gasteiger partial charge in [0.1, 0.15) is 11.6 Å². The van der Waals surface area contributed by atoms with Crippen molar-refractivity contribution in [3.8, 4) is 6.07 Å². The lowest BCUT2D eigenvalue weighted by Gasteiger charge is -2.15. The number of esters is 1. The number of ether oxygens (including phenoxy) is 1. The van der Waals surface area contributed by atoms with E-state index in [0.29, 0.717) is 12.3 Å². The molecule has 1 rings (SSSR count). The van der Waals surface area contributed by atoms with Gasteiger partial charge in [0.25, 0.3) is 0 Å². The second-order valence-electron chi connectivity index (χ2n) is 5.45. The van der Waals surface area contributed by atoms with Crippen LogP contribution in [0.5, 0.6) is 0 Å². The van der Waals surface area contributed by atoms with Gasteiger partial charge < -0.3 is 4.74 Å². The molecule has 132 valence electrons. The van der Waals surface area contributed by atoms with E-state index in [2.05, 4.69) is 6.92 Å². The topological polar surface area (TPSA) is 70.4 Å². The minimum atomic E-state index is -0.641. The fourth-order valence-electron chi connectivity index (χ4n) is 2.11. The number of nitrogens with zero attached hydrogens (tertiary/aromatic N) is 2. The zero-order valence-electron chi connectivity index (χ0n) is 14.8. The Hall–Kier alpha value is -2.87. The van der Waals surface area contributed by atoms with E-state index in [4.69, 9.17) is 10.00 Å². The van der Waals surface area contributed by atoms with Crippen molar-refractivity contribution in [2.45, 2.75) is 39.5 Å². The highest BCUT2D eigenvalue weighted by Gasteiger charge is 2.10. The molecule has 0 aromatic heterocycles. The third-order valence-corrected chi connectivity index (χ3v) is 3.44. The van der Waals surface area contributed by atoms with E-state index in [9.17, 15) is 9.59 Å². The quantitative estimate of drug-likeness (QED) is 0.223. The fourth-order valence-corrected chi connectivity index (χ4v) is 2.11. The van der Waals surface area contributed by atoms with Gasteiger partial charge in [0, 0.05) is 18.8 Å². The molecule has 1 amide bonds. The monoisotopic (exact) mass is 340 g/mol. The number of para-hydroxylation sites is 1. The number of nitriles is 1. The van der Waals surface area contributed by atoms with Crippen LogP contribution in [0.25, 0.3) is 0 Å². The second-order valence-corrected chi connectivity index (χ2v) is 5.45. The molecular weight excluding hydrogens is 316 g/mol. The Labute approximate surface area is 149 Å². The van der Waals surface area contributed by atoms with Gasteiger partial charge in [-0.3, -0.25) is 9.69 Å². The van der Waals surface area contributed by atoms with Crippen molar-refractivity contribution in [1.82, 2.24) is 0 Å². The number of benzene rings is 1. The Morgan fingerprint density at radius 3 is 2.52 bits per heavy atom. The van der Waals surface area contributed by atoms with Gasteiger partial charge >= 0.3 is 5.97 Å². The molecule has 0 bridgehead atoms. The third-order valence-electron chi connectivity index (χ3n) is 3.44. The molecule has 25 heavy (non-hydrogen) atoms. The molecule has 1 aromatic carbocycles. The fraction of sp³-hybridized carbons (Fsp3) is 0.350. The zero-order valence-corrected chi connectivity index (χ0v) is 14.8. The summed E-state index contributed by atoms with van der Waals surface area (Å²) in [6.07, 6.45) is 8.36. The Balaban J connectivity index is 2.68. The van der Waals surface area contributed by atoms with Crippen LogP contribution in [0.15, 0.2) is 54.3 Å². The predicted octanol–water partition coefficient (Wildman–Crippen LogP) is 4.13. The molecule has 0 unspecified atom stereocenters. The van der Waals surface area contributed by atoms with Crippen LogP contribution in [-0.4, -0.2) is 18.5 Å². The van der Waals surface area contributed by atoms with Crippen molar-refractivity contribution < 1.29 is 14.3 Å². The van der Waals surface area contributed by atoms with Crippen molar-refractivity contribution in [2.75, 3.05) is 11.5 Å². The predicted molar refractivity (Wildman–Crippen MR) is 97.5 cm³/mol. The van der Waals surface area contributed by atoms with Gasteiger partial charge in [-0.05, 0) is 30.7 Å². The normalized spacial score (nSPS) is 11.2. The van der Waals surface area contributed by atoms with Crippen LogP contribution in [0.3, 0.4) is 0 Å². The van der Waals surface area contributed by atoms with E-state index in [1.54, 1.807) is 12.1 Å². The lowest BCUT2D eigenvalue weighted by Crippen LogP contribution is -2.21.